The van der Waals surface area contributed by atoms with Crippen LogP contribution in [-0.2, 0) is 19.6 Å². The first-order chi connectivity index (χ1) is 15.6. The van der Waals surface area contributed by atoms with E-state index < -0.39 is 28.4 Å². The largest absolute Gasteiger partial charge is 0.465 e. The molecule has 1 amide bonds. The number of carbonyl (C=O) groups excluding carboxylic acids is 2. The lowest BCUT2D eigenvalue weighted by molar-refractivity contribution is -0.114. The molecule has 3 aromatic carbocycles. The SMILES string of the molecule is COC(=O)c1ccc(Cl)c(NC(=O)CN(c2cc(Cl)cc(Cl)c2)S(=O)(=O)c2ccccc2)c1. The number of nitrogens with one attached hydrogen (secondary N) is 1. The predicted molar refractivity (Wildman–Crippen MR) is 129 cm³/mol. The third-order valence-corrected chi connectivity index (χ3v) is 6.97. The van der Waals surface area contributed by atoms with Gasteiger partial charge in [0.05, 0.1) is 34.0 Å². The summed E-state index contributed by atoms with van der Waals surface area (Å²) in [4.78, 5) is 24.6. The van der Waals surface area contributed by atoms with Crippen LogP contribution in [-0.4, -0.2) is 33.9 Å². The first-order valence-corrected chi connectivity index (χ1v) is 11.9. The zero-order chi connectivity index (χ0) is 24.2. The lowest BCUT2D eigenvalue weighted by Gasteiger charge is -2.24. The smallest absolute Gasteiger partial charge is 0.337 e. The molecular formula is C22H17Cl3N2O5S. The van der Waals surface area contributed by atoms with Gasteiger partial charge in [0.25, 0.3) is 10.0 Å². The number of hydrogen-bond donors (Lipinski definition) is 1. The minimum atomic E-state index is -4.16. The number of rotatable bonds is 7. The Labute approximate surface area is 205 Å². The molecule has 0 aliphatic heterocycles. The first kappa shape index (κ1) is 24.9. The molecular weight excluding hydrogens is 511 g/mol. The van der Waals surface area contributed by atoms with E-state index in [-0.39, 0.29) is 36.9 Å². The van der Waals surface area contributed by atoms with E-state index >= 15 is 0 Å². The summed E-state index contributed by atoms with van der Waals surface area (Å²) in [5.41, 5.74) is 0.374. The average Bonchev–Trinajstić information content (AvgIpc) is 2.78. The van der Waals surface area contributed by atoms with Crippen molar-refractivity contribution in [1.82, 2.24) is 0 Å². The van der Waals surface area contributed by atoms with Gasteiger partial charge in [-0.05, 0) is 48.5 Å². The van der Waals surface area contributed by atoms with Crippen LogP contribution in [0.2, 0.25) is 15.1 Å². The van der Waals surface area contributed by atoms with E-state index in [9.17, 15) is 18.0 Å². The number of carbonyl (C=O) groups is 2. The number of hydrogen-bond acceptors (Lipinski definition) is 5. The molecule has 33 heavy (non-hydrogen) atoms. The van der Waals surface area contributed by atoms with Crippen LogP contribution in [0, 0.1) is 0 Å². The highest BCUT2D eigenvalue weighted by atomic mass is 35.5. The van der Waals surface area contributed by atoms with Gasteiger partial charge in [-0.3, -0.25) is 9.10 Å². The number of sulfonamides is 1. The van der Waals surface area contributed by atoms with Crippen LogP contribution >= 0.6 is 34.8 Å². The Morgan fingerprint density at radius 1 is 0.939 bits per heavy atom. The molecule has 172 valence electrons. The van der Waals surface area contributed by atoms with E-state index in [1.54, 1.807) is 18.2 Å². The second kappa shape index (κ2) is 10.4. The number of methoxy groups -OCH3 is 1. The van der Waals surface area contributed by atoms with Gasteiger partial charge in [0.1, 0.15) is 6.54 Å². The van der Waals surface area contributed by atoms with Crippen LogP contribution in [0.4, 0.5) is 11.4 Å². The standard InChI is InChI=1S/C22H17Cl3N2O5S/c1-32-22(29)14-7-8-19(25)20(9-14)26-21(28)13-27(17-11-15(23)10-16(24)12-17)33(30,31)18-5-3-2-4-6-18/h2-12H,13H2,1H3,(H,26,28). The van der Waals surface area contributed by atoms with Crippen molar-refractivity contribution in [2.45, 2.75) is 4.90 Å². The molecule has 0 bridgehead atoms. The van der Waals surface area contributed by atoms with Crippen LogP contribution in [0.1, 0.15) is 10.4 Å². The maximum Gasteiger partial charge on any atom is 0.337 e. The second-order valence-corrected chi connectivity index (χ2v) is 9.83. The predicted octanol–water partition coefficient (Wildman–Crippen LogP) is 5.27. The molecule has 3 rings (SSSR count). The van der Waals surface area contributed by atoms with Gasteiger partial charge >= 0.3 is 5.97 Å². The van der Waals surface area contributed by atoms with E-state index in [2.05, 4.69) is 10.1 Å². The fraction of sp³-hybridized carbons (Fsp3) is 0.0909. The third-order valence-electron chi connectivity index (χ3n) is 4.42. The van der Waals surface area contributed by atoms with Gasteiger partial charge in [-0.1, -0.05) is 53.0 Å². The molecule has 0 heterocycles. The summed E-state index contributed by atoms with van der Waals surface area (Å²) in [5, 5.41) is 3.07. The van der Waals surface area contributed by atoms with Gasteiger partial charge in [0.2, 0.25) is 5.91 Å². The van der Waals surface area contributed by atoms with Gasteiger partial charge in [0.15, 0.2) is 0 Å². The normalized spacial score (nSPS) is 11.0. The highest BCUT2D eigenvalue weighted by Gasteiger charge is 2.28. The van der Waals surface area contributed by atoms with Crippen LogP contribution < -0.4 is 9.62 Å². The molecule has 0 aliphatic carbocycles. The average molecular weight is 528 g/mol. The number of nitrogens with zero attached hydrogens (tertiary/aromatic N) is 1. The second-order valence-electron chi connectivity index (χ2n) is 6.69. The molecule has 0 saturated heterocycles. The van der Waals surface area contributed by atoms with Gasteiger partial charge in [-0.25, -0.2) is 13.2 Å². The first-order valence-electron chi connectivity index (χ1n) is 9.33. The van der Waals surface area contributed by atoms with Crippen molar-refractivity contribution >= 4 is 68.1 Å². The molecule has 0 aromatic heterocycles. The lowest BCUT2D eigenvalue weighted by Crippen LogP contribution is -2.38. The fourth-order valence-electron chi connectivity index (χ4n) is 2.90. The molecule has 7 nitrogen and oxygen atoms in total. The van der Waals surface area contributed by atoms with Gasteiger partial charge in [-0.15, -0.1) is 0 Å². The Morgan fingerprint density at radius 2 is 1.58 bits per heavy atom. The molecule has 0 saturated carbocycles. The van der Waals surface area contributed by atoms with Crippen LogP contribution in [0.5, 0.6) is 0 Å². The van der Waals surface area contributed by atoms with E-state index in [1.807, 2.05) is 0 Å². The van der Waals surface area contributed by atoms with E-state index in [4.69, 9.17) is 34.8 Å². The monoisotopic (exact) mass is 526 g/mol. The van der Waals surface area contributed by atoms with Crippen molar-refractivity contribution in [1.29, 1.82) is 0 Å². The third kappa shape index (κ3) is 5.97. The number of benzene rings is 3. The summed E-state index contributed by atoms with van der Waals surface area (Å²) in [6.07, 6.45) is 0. The van der Waals surface area contributed by atoms with Crippen molar-refractivity contribution < 1.29 is 22.7 Å². The van der Waals surface area contributed by atoms with Gasteiger partial charge < -0.3 is 10.1 Å². The molecule has 11 heteroatoms. The minimum Gasteiger partial charge on any atom is -0.465 e. The van der Waals surface area contributed by atoms with Crippen molar-refractivity contribution in [3.05, 3.63) is 87.4 Å². The van der Waals surface area contributed by atoms with Crippen molar-refractivity contribution in [3.63, 3.8) is 0 Å². The number of anilines is 2. The fourth-order valence-corrected chi connectivity index (χ4v) is 5.01. The number of amides is 1. The summed E-state index contributed by atoms with van der Waals surface area (Å²) in [6.45, 7) is -0.618. The number of halogens is 3. The summed E-state index contributed by atoms with van der Waals surface area (Å²) in [5.74, 6) is -1.33. The van der Waals surface area contributed by atoms with Crippen molar-refractivity contribution in [2.24, 2.45) is 0 Å². The van der Waals surface area contributed by atoms with Crippen molar-refractivity contribution in [2.75, 3.05) is 23.3 Å². The Bertz CT molecular complexity index is 1280. The summed E-state index contributed by atoms with van der Waals surface area (Å²) in [7, 11) is -2.94. The van der Waals surface area contributed by atoms with E-state index in [1.165, 1.54) is 55.6 Å². The van der Waals surface area contributed by atoms with Crippen molar-refractivity contribution in [3.8, 4) is 0 Å². The molecule has 0 radical (unpaired) electrons. The van der Waals surface area contributed by atoms with Crippen LogP contribution in [0.3, 0.4) is 0 Å². The highest BCUT2D eigenvalue weighted by Crippen LogP contribution is 2.30. The molecule has 0 aliphatic rings. The molecule has 0 fully saturated rings. The molecule has 0 atom stereocenters. The minimum absolute atomic E-state index is 0.0281. The Balaban J connectivity index is 1.97. The lowest BCUT2D eigenvalue weighted by atomic mass is 10.2. The molecule has 1 N–H and O–H groups in total. The topological polar surface area (TPSA) is 92.8 Å². The highest BCUT2D eigenvalue weighted by molar-refractivity contribution is 7.92. The van der Waals surface area contributed by atoms with Gasteiger partial charge in [0, 0.05) is 10.0 Å². The number of ether oxygens (including phenoxy) is 1. The van der Waals surface area contributed by atoms with E-state index in [0.717, 1.165) is 4.31 Å². The quantitative estimate of drug-likeness (QED) is 0.423. The summed E-state index contributed by atoms with van der Waals surface area (Å²) in [6, 6.07) is 16.0. The van der Waals surface area contributed by atoms with E-state index in [0.29, 0.717) is 0 Å². The summed E-state index contributed by atoms with van der Waals surface area (Å²) < 4.78 is 32.3. The summed E-state index contributed by atoms with van der Waals surface area (Å²) >= 11 is 18.3. The Kier molecular flexibility index (Phi) is 7.86. The molecule has 0 unspecified atom stereocenters. The zero-order valence-corrected chi connectivity index (χ0v) is 20.2. The maximum absolute atomic E-state index is 13.4. The Hall–Kier alpha value is -2.78. The zero-order valence-electron chi connectivity index (χ0n) is 17.1. The van der Waals surface area contributed by atoms with Crippen LogP contribution in [0.15, 0.2) is 71.6 Å². The molecule has 0 spiro atoms. The van der Waals surface area contributed by atoms with Crippen LogP contribution in [0.25, 0.3) is 0 Å². The number of esters is 1. The molecule has 3 aromatic rings. The maximum atomic E-state index is 13.4. The Morgan fingerprint density at radius 3 is 2.18 bits per heavy atom. The van der Waals surface area contributed by atoms with Gasteiger partial charge in [-0.2, -0.15) is 0 Å².